The largest absolute Gasteiger partial charge is 0.466 e. The highest BCUT2D eigenvalue weighted by atomic mass is 16.5. The monoisotopic (exact) mass is 199 g/mol. The van der Waals surface area contributed by atoms with E-state index in [1.54, 1.807) is 0 Å². The highest BCUT2D eigenvalue weighted by Crippen LogP contribution is 1.94. The van der Waals surface area contributed by atoms with Crippen LogP contribution in [0.1, 0.15) is 33.1 Å². The predicted molar refractivity (Wildman–Crippen MR) is 58.2 cm³/mol. The molecule has 0 aliphatic heterocycles. The average Bonchev–Trinajstić information content (AvgIpc) is 2.17. The Morgan fingerprint density at radius 3 is 2.71 bits per heavy atom. The van der Waals surface area contributed by atoms with Crippen LogP contribution >= 0.6 is 0 Å². The van der Waals surface area contributed by atoms with Gasteiger partial charge in [-0.05, 0) is 26.3 Å². The number of esters is 1. The van der Waals surface area contributed by atoms with E-state index in [4.69, 9.17) is 4.74 Å². The summed E-state index contributed by atoms with van der Waals surface area (Å²) in [7, 11) is 0. The minimum absolute atomic E-state index is 0.108. The zero-order valence-electron chi connectivity index (χ0n) is 9.27. The van der Waals surface area contributed by atoms with Gasteiger partial charge in [-0.15, -0.1) is 0 Å². The van der Waals surface area contributed by atoms with Crippen molar-refractivity contribution in [3.8, 4) is 0 Å². The van der Waals surface area contributed by atoms with Crippen molar-refractivity contribution in [2.24, 2.45) is 0 Å². The second-order valence-electron chi connectivity index (χ2n) is 3.19. The number of carbonyl (C=O) groups excluding carboxylic acids is 1. The summed E-state index contributed by atoms with van der Waals surface area (Å²) >= 11 is 0. The van der Waals surface area contributed by atoms with Crippen LogP contribution in [0.15, 0.2) is 12.2 Å². The highest BCUT2D eigenvalue weighted by molar-refractivity contribution is 5.69. The van der Waals surface area contributed by atoms with Gasteiger partial charge in [-0.25, -0.2) is 0 Å². The van der Waals surface area contributed by atoms with Crippen LogP contribution in [0.2, 0.25) is 0 Å². The average molecular weight is 199 g/mol. The van der Waals surface area contributed by atoms with Crippen LogP contribution in [0.3, 0.4) is 0 Å². The molecule has 3 heteroatoms. The SMILES string of the molecule is C=C(CC)CNCCCC(=O)OCC. The van der Waals surface area contributed by atoms with Gasteiger partial charge in [-0.3, -0.25) is 4.79 Å². The van der Waals surface area contributed by atoms with Crippen LogP contribution in [0, 0.1) is 0 Å². The molecule has 82 valence electrons. The van der Waals surface area contributed by atoms with Crippen molar-refractivity contribution < 1.29 is 9.53 Å². The first-order valence-corrected chi connectivity index (χ1v) is 5.23. The number of rotatable bonds is 8. The molecule has 0 bridgehead atoms. The normalized spacial score (nSPS) is 9.86. The molecule has 0 fully saturated rings. The Balaban J connectivity index is 3.21. The molecular weight excluding hydrogens is 178 g/mol. The fraction of sp³-hybridized carbons (Fsp3) is 0.727. The van der Waals surface area contributed by atoms with Gasteiger partial charge in [-0.2, -0.15) is 0 Å². The number of hydrogen-bond donors (Lipinski definition) is 1. The van der Waals surface area contributed by atoms with Gasteiger partial charge in [0.2, 0.25) is 0 Å². The molecule has 0 amide bonds. The second kappa shape index (κ2) is 8.75. The first kappa shape index (κ1) is 13.2. The topological polar surface area (TPSA) is 38.3 Å². The molecule has 0 aliphatic rings. The third-order valence-corrected chi connectivity index (χ3v) is 1.91. The Labute approximate surface area is 86.5 Å². The maximum Gasteiger partial charge on any atom is 0.305 e. The third-order valence-electron chi connectivity index (χ3n) is 1.91. The van der Waals surface area contributed by atoms with Crippen molar-refractivity contribution in [1.82, 2.24) is 5.32 Å². The Morgan fingerprint density at radius 2 is 2.14 bits per heavy atom. The number of hydrogen-bond acceptors (Lipinski definition) is 3. The van der Waals surface area contributed by atoms with E-state index in [2.05, 4.69) is 18.8 Å². The van der Waals surface area contributed by atoms with Crippen molar-refractivity contribution in [2.45, 2.75) is 33.1 Å². The molecule has 1 N–H and O–H groups in total. The molecule has 0 radical (unpaired) electrons. The van der Waals surface area contributed by atoms with Crippen LogP contribution in [-0.4, -0.2) is 25.7 Å². The van der Waals surface area contributed by atoms with Crippen molar-refractivity contribution in [3.63, 3.8) is 0 Å². The first-order chi connectivity index (χ1) is 6.70. The Bertz CT molecular complexity index is 178. The van der Waals surface area contributed by atoms with E-state index < -0.39 is 0 Å². The molecule has 0 atom stereocenters. The summed E-state index contributed by atoms with van der Waals surface area (Å²) in [6, 6.07) is 0. The summed E-state index contributed by atoms with van der Waals surface area (Å²) in [5.74, 6) is -0.108. The molecule has 0 saturated heterocycles. The first-order valence-electron chi connectivity index (χ1n) is 5.23. The van der Waals surface area contributed by atoms with E-state index in [1.807, 2.05) is 6.92 Å². The van der Waals surface area contributed by atoms with Crippen LogP contribution in [0.25, 0.3) is 0 Å². The molecule has 0 unspecified atom stereocenters. The lowest BCUT2D eigenvalue weighted by Crippen LogP contribution is -2.19. The smallest absolute Gasteiger partial charge is 0.305 e. The fourth-order valence-electron chi connectivity index (χ4n) is 0.981. The molecular formula is C11H21NO2. The number of carbonyl (C=O) groups is 1. The van der Waals surface area contributed by atoms with Crippen molar-refractivity contribution in [1.29, 1.82) is 0 Å². The standard InChI is InChI=1S/C11H21NO2/c1-4-10(3)9-12-8-6-7-11(13)14-5-2/h12H,3-9H2,1-2H3. The van der Waals surface area contributed by atoms with Crippen LogP contribution in [-0.2, 0) is 9.53 Å². The number of nitrogens with one attached hydrogen (secondary N) is 1. The summed E-state index contributed by atoms with van der Waals surface area (Å²) < 4.78 is 4.81. The molecule has 0 aliphatic carbocycles. The Hall–Kier alpha value is -0.830. The molecule has 0 saturated carbocycles. The van der Waals surface area contributed by atoms with Gasteiger partial charge in [0.25, 0.3) is 0 Å². The fourth-order valence-corrected chi connectivity index (χ4v) is 0.981. The molecule has 0 rings (SSSR count). The lowest BCUT2D eigenvalue weighted by Gasteiger charge is -2.05. The van der Waals surface area contributed by atoms with Gasteiger partial charge in [0, 0.05) is 13.0 Å². The van der Waals surface area contributed by atoms with Crippen molar-refractivity contribution in [3.05, 3.63) is 12.2 Å². The molecule has 0 aromatic heterocycles. The quantitative estimate of drug-likeness (QED) is 0.368. The Kier molecular flexibility index (Phi) is 8.24. The van der Waals surface area contributed by atoms with E-state index in [0.717, 1.165) is 25.9 Å². The van der Waals surface area contributed by atoms with Gasteiger partial charge in [-0.1, -0.05) is 19.1 Å². The van der Waals surface area contributed by atoms with Crippen LogP contribution in [0.4, 0.5) is 0 Å². The van der Waals surface area contributed by atoms with Crippen LogP contribution < -0.4 is 5.32 Å². The van der Waals surface area contributed by atoms with E-state index in [0.29, 0.717) is 13.0 Å². The molecule has 0 aromatic carbocycles. The lowest BCUT2D eigenvalue weighted by atomic mass is 10.2. The maximum atomic E-state index is 10.9. The maximum absolute atomic E-state index is 10.9. The number of ether oxygens (including phenoxy) is 1. The van der Waals surface area contributed by atoms with Gasteiger partial charge in [0.05, 0.1) is 6.61 Å². The zero-order valence-corrected chi connectivity index (χ0v) is 9.27. The molecule has 0 aromatic rings. The summed E-state index contributed by atoms with van der Waals surface area (Å²) in [4.78, 5) is 10.9. The van der Waals surface area contributed by atoms with Gasteiger partial charge >= 0.3 is 5.97 Å². The van der Waals surface area contributed by atoms with Gasteiger partial charge in [0.1, 0.15) is 0 Å². The minimum atomic E-state index is -0.108. The zero-order chi connectivity index (χ0) is 10.8. The van der Waals surface area contributed by atoms with Crippen molar-refractivity contribution in [2.75, 3.05) is 19.7 Å². The summed E-state index contributed by atoms with van der Waals surface area (Å²) in [6.45, 7) is 9.95. The van der Waals surface area contributed by atoms with E-state index in [1.165, 1.54) is 5.57 Å². The molecule has 14 heavy (non-hydrogen) atoms. The Morgan fingerprint density at radius 1 is 1.43 bits per heavy atom. The van der Waals surface area contributed by atoms with Crippen LogP contribution in [0.5, 0.6) is 0 Å². The van der Waals surface area contributed by atoms with Gasteiger partial charge in [0.15, 0.2) is 0 Å². The van der Waals surface area contributed by atoms with Crippen molar-refractivity contribution >= 4 is 5.97 Å². The molecule has 3 nitrogen and oxygen atoms in total. The summed E-state index contributed by atoms with van der Waals surface area (Å²) in [6.07, 6.45) is 2.33. The summed E-state index contributed by atoms with van der Waals surface area (Å²) in [5.41, 5.74) is 1.20. The van der Waals surface area contributed by atoms with Gasteiger partial charge < -0.3 is 10.1 Å². The predicted octanol–water partition coefficient (Wildman–Crippen LogP) is 1.89. The third kappa shape index (κ3) is 7.80. The molecule has 0 heterocycles. The molecule has 0 spiro atoms. The highest BCUT2D eigenvalue weighted by Gasteiger charge is 1.99. The lowest BCUT2D eigenvalue weighted by molar-refractivity contribution is -0.143. The van der Waals surface area contributed by atoms with E-state index in [-0.39, 0.29) is 5.97 Å². The van der Waals surface area contributed by atoms with E-state index >= 15 is 0 Å². The summed E-state index contributed by atoms with van der Waals surface area (Å²) in [5, 5.41) is 3.23. The second-order valence-corrected chi connectivity index (χ2v) is 3.19. The minimum Gasteiger partial charge on any atom is -0.466 e. The van der Waals surface area contributed by atoms with E-state index in [9.17, 15) is 4.79 Å².